The van der Waals surface area contributed by atoms with Gasteiger partial charge in [-0.25, -0.2) is 8.42 Å². The highest BCUT2D eigenvalue weighted by Gasteiger charge is 2.46. The second-order valence-corrected chi connectivity index (χ2v) is 11.2. The number of carbonyl (C=O) groups is 2. The molecule has 0 bridgehead atoms. The molecule has 1 atom stereocenters. The second-order valence-electron chi connectivity index (χ2n) is 9.26. The van der Waals surface area contributed by atoms with Crippen LogP contribution in [0.2, 0.25) is 0 Å². The van der Waals surface area contributed by atoms with Gasteiger partial charge < -0.3 is 24.6 Å². The van der Waals surface area contributed by atoms with E-state index in [1.54, 1.807) is 6.07 Å². The minimum absolute atomic E-state index is 0.0933. The fourth-order valence-corrected chi connectivity index (χ4v) is 6.41. The maximum atomic E-state index is 13.2. The number of phenols is 1. The number of carbonyl (C=O) groups excluding carboxylic acids is 2. The third-order valence-electron chi connectivity index (χ3n) is 6.89. The Morgan fingerprint density at radius 1 is 1.03 bits per heavy atom. The van der Waals surface area contributed by atoms with E-state index < -0.39 is 33.5 Å². The van der Waals surface area contributed by atoms with E-state index in [9.17, 15) is 28.2 Å². The maximum Gasteiger partial charge on any atom is 0.295 e. The summed E-state index contributed by atoms with van der Waals surface area (Å²) < 4.78 is 37.8. The lowest BCUT2D eigenvalue weighted by molar-refractivity contribution is -0.140. The Kier molecular flexibility index (Phi) is 8.39. The van der Waals surface area contributed by atoms with Crippen LogP contribution >= 0.6 is 0 Å². The monoisotopic (exact) mass is 544 g/mol. The van der Waals surface area contributed by atoms with Gasteiger partial charge in [-0.15, -0.1) is 0 Å². The van der Waals surface area contributed by atoms with Crippen molar-refractivity contribution in [1.29, 1.82) is 0 Å². The summed E-state index contributed by atoms with van der Waals surface area (Å²) in [6.45, 7) is 1.48. The van der Waals surface area contributed by atoms with Gasteiger partial charge in [0, 0.05) is 38.9 Å². The molecule has 2 heterocycles. The summed E-state index contributed by atoms with van der Waals surface area (Å²) in [5.74, 6) is -2.02. The summed E-state index contributed by atoms with van der Waals surface area (Å²) in [7, 11) is -0.757. The first kappa shape index (κ1) is 27.6. The van der Waals surface area contributed by atoms with Crippen LogP contribution in [0.3, 0.4) is 0 Å². The van der Waals surface area contributed by atoms with E-state index in [-0.39, 0.29) is 34.1 Å². The number of phenolic OH excluding ortho intramolecular Hbond substituents is 1. The number of piperidine rings is 1. The smallest absolute Gasteiger partial charge is 0.295 e. The first-order chi connectivity index (χ1) is 18.2. The third kappa shape index (κ3) is 5.27. The number of benzene rings is 2. The van der Waals surface area contributed by atoms with Gasteiger partial charge in [-0.2, -0.15) is 4.31 Å². The fourth-order valence-electron chi connectivity index (χ4n) is 4.90. The van der Waals surface area contributed by atoms with Gasteiger partial charge in [0.25, 0.3) is 11.7 Å². The minimum atomic E-state index is -3.67. The van der Waals surface area contributed by atoms with Crippen molar-refractivity contribution >= 4 is 27.5 Å². The highest BCUT2D eigenvalue weighted by Crippen LogP contribution is 2.42. The van der Waals surface area contributed by atoms with Crippen LogP contribution in [-0.4, -0.2) is 80.0 Å². The summed E-state index contributed by atoms with van der Waals surface area (Å²) in [4.78, 5) is 27.7. The molecular formula is C27H32N2O8S. The molecule has 0 spiro atoms. The van der Waals surface area contributed by atoms with Crippen LogP contribution in [0.4, 0.5) is 0 Å². The Balaban J connectivity index is 1.75. The molecule has 0 aromatic heterocycles. The number of amides is 1. The number of hydrogen-bond donors (Lipinski definition) is 2. The minimum Gasteiger partial charge on any atom is -0.507 e. The van der Waals surface area contributed by atoms with Crippen molar-refractivity contribution in [2.24, 2.45) is 0 Å². The van der Waals surface area contributed by atoms with Crippen molar-refractivity contribution in [3.05, 3.63) is 59.2 Å². The average molecular weight is 545 g/mol. The quantitative estimate of drug-likeness (QED) is 0.213. The van der Waals surface area contributed by atoms with Gasteiger partial charge in [0.1, 0.15) is 5.76 Å². The van der Waals surface area contributed by atoms with E-state index in [0.29, 0.717) is 31.7 Å². The molecule has 2 aliphatic heterocycles. The van der Waals surface area contributed by atoms with Crippen molar-refractivity contribution in [2.75, 3.05) is 40.5 Å². The number of methoxy groups -OCH3 is 2. The SMILES string of the molecule is COCCCN1C(=O)C(=O)/C(=C(\O)c2ccc(S(=O)(=O)N3CCCCC3)cc2)C1c1ccc(O)c(OC)c1. The number of ketones is 1. The van der Waals surface area contributed by atoms with Crippen molar-refractivity contribution in [1.82, 2.24) is 9.21 Å². The highest BCUT2D eigenvalue weighted by atomic mass is 32.2. The largest absolute Gasteiger partial charge is 0.507 e. The number of rotatable bonds is 9. The topological polar surface area (TPSA) is 134 Å². The Morgan fingerprint density at radius 3 is 2.34 bits per heavy atom. The molecule has 2 saturated heterocycles. The van der Waals surface area contributed by atoms with Gasteiger partial charge in [0.2, 0.25) is 10.0 Å². The summed E-state index contributed by atoms with van der Waals surface area (Å²) in [5.41, 5.74) is 0.530. The number of Topliss-reactive ketones (excluding diaryl/α,β-unsaturated/α-hetero) is 1. The van der Waals surface area contributed by atoms with Gasteiger partial charge >= 0.3 is 0 Å². The molecule has 2 aliphatic rings. The Bertz CT molecular complexity index is 1330. The Morgan fingerprint density at radius 2 is 1.71 bits per heavy atom. The van der Waals surface area contributed by atoms with E-state index >= 15 is 0 Å². The molecule has 4 rings (SSSR count). The molecule has 2 fully saturated rings. The number of likely N-dealkylation sites (tertiary alicyclic amines) is 1. The number of nitrogens with zero attached hydrogens (tertiary/aromatic N) is 2. The van der Waals surface area contributed by atoms with Gasteiger partial charge in [-0.1, -0.05) is 12.5 Å². The molecule has 1 amide bonds. The summed E-state index contributed by atoms with van der Waals surface area (Å²) in [5, 5.41) is 21.3. The van der Waals surface area contributed by atoms with Gasteiger partial charge in [-0.3, -0.25) is 9.59 Å². The molecule has 204 valence electrons. The number of aliphatic hydroxyl groups is 1. The predicted molar refractivity (Wildman–Crippen MR) is 139 cm³/mol. The van der Waals surface area contributed by atoms with Crippen molar-refractivity contribution in [3.63, 3.8) is 0 Å². The zero-order chi connectivity index (χ0) is 27.4. The standard InChI is InChI=1S/C27H32N2O8S/c1-36-16-6-15-29-24(19-9-12-21(30)22(17-19)37-2)23(26(32)27(29)33)25(31)18-7-10-20(11-8-18)38(34,35)28-13-4-3-5-14-28/h7-12,17,24,30-31H,3-6,13-16H2,1-2H3/b25-23-. The third-order valence-corrected chi connectivity index (χ3v) is 8.80. The molecule has 2 N–H and O–H groups in total. The summed E-state index contributed by atoms with van der Waals surface area (Å²) in [6.07, 6.45) is 3.07. The van der Waals surface area contributed by atoms with E-state index in [2.05, 4.69) is 0 Å². The van der Waals surface area contributed by atoms with E-state index in [1.165, 1.54) is 59.8 Å². The van der Waals surface area contributed by atoms with Crippen LogP contribution in [0.15, 0.2) is 52.9 Å². The summed E-state index contributed by atoms with van der Waals surface area (Å²) >= 11 is 0. The number of aromatic hydroxyl groups is 1. The summed E-state index contributed by atoms with van der Waals surface area (Å²) in [6, 6.07) is 9.16. The molecule has 2 aromatic rings. The van der Waals surface area contributed by atoms with Crippen LogP contribution in [0.25, 0.3) is 5.76 Å². The lowest BCUT2D eigenvalue weighted by atomic mass is 9.95. The van der Waals surface area contributed by atoms with E-state index in [1.807, 2.05) is 0 Å². The zero-order valence-corrected chi connectivity index (χ0v) is 22.2. The Labute approximate surface area is 222 Å². The fraction of sp³-hybridized carbons (Fsp3) is 0.407. The molecule has 0 radical (unpaired) electrons. The van der Waals surface area contributed by atoms with E-state index in [4.69, 9.17) is 9.47 Å². The van der Waals surface area contributed by atoms with Crippen LogP contribution < -0.4 is 4.74 Å². The number of aliphatic hydroxyl groups excluding tert-OH is 1. The van der Waals surface area contributed by atoms with Crippen LogP contribution in [0, 0.1) is 0 Å². The lowest BCUT2D eigenvalue weighted by Crippen LogP contribution is -2.35. The van der Waals surface area contributed by atoms with Crippen molar-refractivity contribution in [3.8, 4) is 11.5 Å². The number of sulfonamides is 1. The van der Waals surface area contributed by atoms with Gasteiger partial charge in [0.05, 0.1) is 23.6 Å². The first-order valence-corrected chi connectivity index (χ1v) is 13.9. The molecule has 0 aliphatic carbocycles. The molecule has 2 aromatic carbocycles. The van der Waals surface area contributed by atoms with Crippen LogP contribution in [0.1, 0.15) is 42.9 Å². The van der Waals surface area contributed by atoms with Crippen molar-refractivity contribution < 1.29 is 37.7 Å². The molecule has 11 heteroatoms. The average Bonchev–Trinajstić information content (AvgIpc) is 3.18. The molecule has 1 unspecified atom stereocenters. The van der Waals surface area contributed by atoms with Crippen molar-refractivity contribution in [2.45, 2.75) is 36.6 Å². The predicted octanol–water partition coefficient (Wildman–Crippen LogP) is 3.03. The molecule has 0 saturated carbocycles. The molecule has 38 heavy (non-hydrogen) atoms. The van der Waals surface area contributed by atoms with Crippen LogP contribution in [-0.2, 0) is 24.3 Å². The molecule has 10 nitrogen and oxygen atoms in total. The first-order valence-electron chi connectivity index (χ1n) is 12.5. The normalized spacial score (nSPS) is 20.2. The van der Waals surface area contributed by atoms with Gasteiger partial charge in [-0.05, 0) is 61.2 Å². The second kappa shape index (κ2) is 11.5. The van der Waals surface area contributed by atoms with Crippen LogP contribution in [0.5, 0.6) is 11.5 Å². The highest BCUT2D eigenvalue weighted by molar-refractivity contribution is 7.89. The number of ether oxygens (including phenoxy) is 2. The van der Waals surface area contributed by atoms with E-state index in [0.717, 1.165) is 19.3 Å². The number of hydrogen-bond acceptors (Lipinski definition) is 8. The maximum absolute atomic E-state index is 13.2. The van der Waals surface area contributed by atoms with Gasteiger partial charge in [0.15, 0.2) is 11.5 Å². The molecular weight excluding hydrogens is 512 g/mol. The Hall–Kier alpha value is -3.41. The zero-order valence-electron chi connectivity index (χ0n) is 21.4. The lowest BCUT2D eigenvalue weighted by Gasteiger charge is -2.26.